The fourth-order valence-electron chi connectivity index (χ4n) is 2.03. The lowest BCUT2D eigenvalue weighted by atomic mass is 9.92. The fraction of sp³-hybridized carbons (Fsp3) is 0.188. The highest BCUT2D eigenvalue weighted by molar-refractivity contribution is 6.30. The molecule has 0 radical (unpaired) electrons. The average molecular weight is 275 g/mol. The third kappa shape index (κ3) is 3.58. The molecule has 0 aliphatic rings. The van der Waals surface area contributed by atoms with Crippen molar-refractivity contribution in [3.05, 3.63) is 70.2 Å². The lowest BCUT2D eigenvalue weighted by molar-refractivity contribution is -0.138. The summed E-state index contributed by atoms with van der Waals surface area (Å²) in [5, 5.41) is 9.95. The van der Waals surface area contributed by atoms with Crippen LogP contribution < -0.4 is 0 Å². The number of hydrogen-bond donors (Lipinski definition) is 1. The highest BCUT2D eigenvalue weighted by Crippen LogP contribution is 2.24. The van der Waals surface area contributed by atoms with Gasteiger partial charge in [0.2, 0.25) is 0 Å². The molecule has 1 unspecified atom stereocenters. The van der Waals surface area contributed by atoms with Gasteiger partial charge in [-0.2, -0.15) is 0 Å². The van der Waals surface area contributed by atoms with Crippen molar-refractivity contribution < 1.29 is 9.90 Å². The van der Waals surface area contributed by atoms with Crippen LogP contribution in [0.1, 0.15) is 22.6 Å². The topological polar surface area (TPSA) is 37.3 Å². The van der Waals surface area contributed by atoms with E-state index in [-0.39, 0.29) is 0 Å². The maximum atomic E-state index is 11.4. The Morgan fingerprint density at radius 3 is 2.47 bits per heavy atom. The number of carboxylic acids is 1. The number of benzene rings is 2. The van der Waals surface area contributed by atoms with E-state index in [0.717, 1.165) is 11.1 Å². The maximum Gasteiger partial charge on any atom is 0.311 e. The van der Waals surface area contributed by atoms with Crippen LogP contribution in [0.2, 0.25) is 5.02 Å². The lowest BCUT2D eigenvalue weighted by Gasteiger charge is -2.13. The van der Waals surface area contributed by atoms with Crippen LogP contribution in [0.25, 0.3) is 0 Å². The van der Waals surface area contributed by atoms with Gasteiger partial charge in [-0.1, -0.05) is 53.6 Å². The van der Waals surface area contributed by atoms with E-state index >= 15 is 0 Å². The molecule has 1 N–H and O–H groups in total. The van der Waals surface area contributed by atoms with E-state index in [0.29, 0.717) is 11.4 Å². The van der Waals surface area contributed by atoms with Crippen LogP contribution in [-0.2, 0) is 11.2 Å². The van der Waals surface area contributed by atoms with Gasteiger partial charge < -0.3 is 5.11 Å². The molecule has 0 spiro atoms. The first kappa shape index (κ1) is 13.6. The highest BCUT2D eigenvalue weighted by Gasteiger charge is 2.20. The Morgan fingerprint density at radius 2 is 1.89 bits per heavy atom. The Kier molecular flexibility index (Phi) is 4.23. The van der Waals surface area contributed by atoms with Gasteiger partial charge in [-0.3, -0.25) is 4.79 Å². The Bertz CT molecular complexity index is 576. The highest BCUT2D eigenvalue weighted by atomic mass is 35.5. The Labute approximate surface area is 117 Å². The van der Waals surface area contributed by atoms with E-state index < -0.39 is 11.9 Å². The van der Waals surface area contributed by atoms with Crippen LogP contribution in [0.15, 0.2) is 48.5 Å². The molecule has 19 heavy (non-hydrogen) atoms. The lowest BCUT2D eigenvalue weighted by Crippen LogP contribution is -2.14. The van der Waals surface area contributed by atoms with Gasteiger partial charge in [-0.25, -0.2) is 0 Å². The zero-order valence-electron chi connectivity index (χ0n) is 10.6. The van der Waals surface area contributed by atoms with Gasteiger partial charge >= 0.3 is 5.97 Å². The number of rotatable bonds is 4. The number of aliphatic carboxylic acids is 1. The molecule has 0 bridgehead atoms. The molecule has 0 aromatic heterocycles. The van der Waals surface area contributed by atoms with Crippen molar-refractivity contribution in [2.45, 2.75) is 19.3 Å². The first-order valence-corrected chi connectivity index (χ1v) is 6.48. The standard InChI is InChI=1S/C16H15ClO2/c1-11-5-7-12(8-6-11)9-15(16(18)19)13-3-2-4-14(17)10-13/h2-8,10,15H,9H2,1H3,(H,18,19). The second-order valence-electron chi connectivity index (χ2n) is 4.64. The van der Waals surface area contributed by atoms with E-state index in [9.17, 15) is 9.90 Å². The zero-order valence-corrected chi connectivity index (χ0v) is 11.4. The van der Waals surface area contributed by atoms with Gasteiger partial charge in [0.05, 0.1) is 5.92 Å². The summed E-state index contributed by atoms with van der Waals surface area (Å²) in [6.07, 6.45) is 0.468. The summed E-state index contributed by atoms with van der Waals surface area (Å²) in [6, 6.07) is 15.0. The summed E-state index contributed by atoms with van der Waals surface area (Å²) >= 11 is 5.92. The first-order chi connectivity index (χ1) is 9.06. The van der Waals surface area contributed by atoms with E-state index in [4.69, 9.17) is 11.6 Å². The van der Waals surface area contributed by atoms with Crippen molar-refractivity contribution >= 4 is 17.6 Å². The van der Waals surface area contributed by atoms with Crippen LogP contribution in [0.5, 0.6) is 0 Å². The molecule has 0 saturated carbocycles. The Hall–Kier alpha value is -1.80. The van der Waals surface area contributed by atoms with Gasteiger partial charge in [0, 0.05) is 5.02 Å². The number of aryl methyl sites for hydroxylation is 1. The van der Waals surface area contributed by atoms with Gasteiger partial charge in [0.25, 0.3) is 0 Å². The molecule has 0 saturated heterocycles. The normalized spacial score (nSPS) is 12.1. The number of carboxylic acid groups (broad SMARTS) is 1. The minimum absolute atomic E-state index is 0.468. The van der Waals surface area contributed by atoms with E-state index in [1.54, 1.807) is 24.3 Å². The molecule has 1 atom stereocenters. The summed E-state index contributed by atoms with van der Waals surface area (Å²) in [4.78, 5) is 11.4. The molecule has 0 aliphatic heterocycles. The molecule has 2 aromatic carbocycles. The molecule has 0 amide bonds. The van der Waals surface area contributed by atoms with Gasteiger partial charge in [0.1, 0.15) is 0 Å². The fourth-order valence-corrected chi connectivity index (χ4v) is 2.23. The average Bonchev–Trinajstić information content (AvgIpc) is 2.37. The second kappa shape index (κ2) is 5.89. The number of carbonyl (C=O) groups is 1. The molecule has 2 rings (SSSR count). The first-order valence-electron chi connectivity index (χ1n) is 6.10. The van der Waals surface area contributed by atoms with Crippen molar-refractivity contribution in [1.82, 2.24) is 0 Å². The van der Waals surface area contributed by atoms with Crippen LogP contribution in [0.3, 0.4) is 0 Å². The zero-order chi connectivity index (χ0) is 13.8. The van der Waals surface area contributed by atoms with Crippen LogP contribution in [0, 0.1) is 6.92 Å². The minimum atomic E-state index is -0.831. The molecule has 98 valence electrons. The molecule has 0 heterocycles. The molecule has 0 aliphatic carbocycles. The third-order valence-electron chi connectivity index (χ3n) is 3.11. The molecule has 2 aromatic rings. The van der Waals surface area contributed by atoms with E-state index in [1.807, 2.05) is 31.2 Å². The van der Waals surface area contributed by atoms with Crippen LogP contribution in [-0.4, -0.2) is 11.1 Å². The largest absolute Gasteiger partial charge is 0.481 e. The molecule has 2 nitrogen and oxygen atoms in total. The van der Waals surface area contributed by atoms with Crippen LogP contribution in [0.4, 0.5) is 0 Å². The van der Waals surface area contributed by atoms with Crippen molar-refractivity contribution in [3.63, 3.8) is 0 Å². The van der Waals surface area contributed by atoms with Gasteiger partial charge in [-0.05, 0) is 36.6 Å². The van der Waals surface area contributed by atoms with Gasteiger partial charge in [0.15, 0.2) is 0 Å². The summed E-state index contributed by atoms with van der Waals surface area (Å²) in [7, 11) is 0. The Balaban J connectivity index is 2.26. The molecule has 3 heteroatoms. The monoisotopic (exact) mass is 274 g/mol. The molecule has 0 fully saturated rings. The third-order valence-corrected chi connectivity index (χ3v) is 3.34. The van der Waals surface area contributed by atoms with E-state index in [2.05, 4.69) is 0 Å². The quantitative estimate of drug-likeness (QED) is 0.913. The summed E-state index contributed by atoms with van der Waals surface area (Å²) < 4.78 is 0. The summed E-state index contributed by atoms with van der Waals surface area (Å²) in [6.45, 7) is 2.01. The van der Waals surface area contributed by atoms with Crippen molar-refractivity contribution in [1.29, 1.82) is 0 Å². The predicted molar refractivity (Wildman–Crippen MR) is 76.7 cm³/mol. The van der Waals surface area contributed by atoms with Gasteiger partial charge in [-0.15, -0.1) is 0 Å². The smallest absolute Gasteiger partial charge is 0.311 e. The van der Waals surface area contributed by atoms with Crippen molar-refractivity contribution in [3.8, 4) is 0 Å². The number of halogens is 1. The Morgan fingerprint density at radius 1 is 1.21 bits per heavy atom. The minimum Gasteiger partial charge on any atom is -0.481 e. The molecular formula is C16H15ClO2. The summed E-state index contributed by atoms with van der Waals surface area (Å²) in [5.74, 6) is -1.40. The maximum absolute atomic E-state index is 11.4. The molecular weight excluding hydrogens is 260 g/mol. The van der Waals surface area contributed by atoms with E-state index in [1.165, 1.54) is 5.56 Å². The summed E-state index contributed by atoms with van der Waals surface area (Å²) in [5.41, 5.74) is 2.91. The second-order valence-corrected chi connectivity index (χ2v) is 5.07. The van der Waals surface area contributed by atoms with Crippen molar-refractivity contribution in [2.24, 2.45) is 0 Å². The predicted octanol–water partition coefficient (Wildman–Crippen LogP) is 4.06. The number of hydrogen-bond acceptors (Lipinski definition) is 1. The SMILES string of the molecule is Cc1ccc(CC(C(=O)O)c2cccc(Cl)c2)cc1. The van der Waals surface area contributed by atoms with Crippen molar-refractivity contribution in [2.75, 3.05) is 0 Å². The van der Waals surface area contributed by atoms with Crippen LogP contribution >= 0.6 is 11.6 Å².